The molecular weight excluding hydrogens is 479 g/mol. The molecule has 0 aliphatic carbocycles. The van der Waals surface area contributed by atoms with Crippen LogP contribution in [0.4, 0.5) is 0 Å². The quantitative estimate of drug-likeness (QED) is 0.359. The van der Waals surface area contributed by atoms with Crippen molar-refractivity contribution in [2.24, 2.45) is 4.99 Å². The Bertz CT molecular complexity index is 688. The lowest BCUT2D eigenvalue weighted by Crippen LogP contribution is -2.50. The van der Waals surface area contributed by atoms with Gasteiger partial charge in [0.1, 0.15) is 0 Å². The van der Waals surface area contributed by atoms with Gasteiger partial charge in [0.15, 0.2) is 5.96 Å². The van der Waals surface area contributed by atoms with E-state index in [2.05, 4.69) is 10.3 Å². The minimum atomic E-state index is -3.32. The average Bonchev–Trinajstić information content (AvgIpc) is 2.57. The zero-order chi connectivity index (χ0) is 19.2. The van der Waals surface area contributed by atoms with E-state index in [4.69, 9.17) is 4.74 Å². The fourth-order valence-electron chi connectivity index (χ4n) is 2.88. The number of guanidine groups is 1. The summed E-state index contributed by atoms with van der Waals surface area (Å²) in [5.41, 5.74) is 1.11. The number of nitrogens with zero attached hydrogens (tertiary/aromatic N) is 3. The van der Waals surface area contributed by atoms with Crippen molar-refractivity contribution in [1.29, 1.82) is 0 Å². The van der Waals surface area contributed by atoms with Crippen LogP contribution >= 0.6 is 24.0 Å². The van der Waals surface area contributed by atoms with Gasteiger partial charge in [0.25, 0.3) is 0 Å². The number of rotatable bonds is 6. The molecule has 154 valence electrons. The van der Waals surface area contributed by atoms with Crippen LogP contribution in [0.2, 0.25) is 0 Å². The van der Waals surface area contributed by atoms with Crippen molar-refractivity contribution in [3.8, 4) is 0 Å². The summed E-state index contributed by atoms with van der Waals surface area (Å²) >= 11 is 0. The van der Waals surface area contributed by atoms with Crippen molar-refractivity contribution in [3.05, 3.63) is 35.9 Å². The Labute approximate surface area is 180 Å². The molecule has 0 saturated carbocycles. The van der Waals surface area contributed by atoms with Crippen LogP contribution in [0, 0.1) is 0 Å². The zero-order valence-electron chi connectivity index (χ0n) is 16.5. The molecule has 1 aliphatic rings. The topological polar surface area (TPSA) is 74.2 Å². The maximum atomic E-state index is 12.6. The molecule has 0 bridgehead atoms. The maximum Gasteiger partial charge on any atom is 0.216 e. The lowest BCUT2D eigenvalue weighted by molar-refractivity contribution is -0.0440. The van der Waals surface area contributed by atoms with E-state index in [1.165, 1.54) is 4.31 Å². The van der Waals surface area contributed by atoms with Crippen molar-refractivity contribution >= 4 is 40.0 Å². The second-order valence-corrected chi connectivity index (χ2v) is 8.93. The highest BCUT2D eigenvalue weighted by molar-refractivity contribution is 14.0. The summed E-state index contributed by atoms with van der Waals surface area (Å²) in [6.07, 6.45) is -0.155. The molecule has 1 N–H and O–H groups in total. The normalized spacial score (nSPS) is 21.4. The molecule has 2 rings (SSSR count). The second-order valence-electron chi connectivity index (χ2n) is 6.84. The van der Waals surface area contributed by atoms with Crippen LogP contribution in [0.5, 0.6) is 0 Å². The molecule has 2 atom stereocenters. The maximum absolute atomic E-state index is 12.6. The van der Waals surface area contributed by atoms with E-state index in [0.717, 1.165) is 5.56 Å². The van der Waals surface area contributed by atoms with Gasteiger partial charge in [-0.1, -0.05) is 30.3 Å². The predicted octanol–water partition coefficient (Wildman–Crippen LogP) is 1.75. The molecule has 1 aliphatic heterocycles. The van der Waals surface area contributed by atoms with Gasteiger partial charge in [-0.25, -0.2) is 13.4 Å². The number of aliphatic imine (C=N–C) groups is 1. The Kier molecular flexibility index (Phi) is 9.99. The molecule has 9 heteroatoms. The highest BCUT2D eigenvalue weighted by atomic mass is 127. The summed E-state index contributed by atoms with van der Waals surface area (Å²) in [5, 5.41) is 3.15. The minimum absolute atomic E-state index is 0. The van der Waals surface area contributed by atoms with Crippen LogP contribution in [0.15, 0.2) is 35.3 Å². The Morgan fingerprint density at radius 3 is 2.37 bits per heavy atom. The summed E-state index contributed by atoms with van der Waals surface area (Å²) in [4.78, 5) is 6.41. The summed E-state index contributed by atoms with van der Waals surface area (Å²) in [6.45, 7) is 5.49. The van der Waals surface area contributed by atoms with Crippen molar-refractivity contribution in [1.82, 2.24) is 14.5 Å². The van der Waals surface area contributed by atoms with Crippen LogP contribution < -0.4 is 5.32 Å². The molecule has 1 aromatic carbocycles. The number of morpholine rings is 1. The van der Waals surface area contributed by atoms with E-state index in [0.29, 0.717) is 32.1 Å². The molecule has 0 spiro atoms. The third-order valence-corrected chi connectivity index (χ3v) is 5.91. The number of hydrogen-bond donors (Lipinski definition) is 1. The van der Waals surface area contributed by atoms with E-state index in [1.807, 2.05) is 63.2 Å². The average molecular weight is 510 g/mol. The van der Waals surface area contributed by atoms with Crippen LogP contribution in [-0.2, 0) is 21.3 Å². The van der Waals surface area contributed by atoms with Crippen molar-refractivity contribution in [3.63, 3.8) is 0 Å². The lowest BCUT2D eigenvalue weighted by Gasteiger charge is -2.34. The predicted molar refractivity (Wildman–Crippen MR) is 120 cm³/mol. The molecule has 1 saturated heterocycles. The first kappa shape index (κ1) is 24.1. The SMILES string of the molecule is CC1CN(S(=O)(=O)CCNC(=NCc2ccccc2)N(C)C)CC(C)O1.I. The van der Waals surface area contributed by atoms with Gasteiger partial charge in [-0.3, -0.25) is 0 Å². The third kappa shape index (κ3) is 7.92. The molecule has 27 heavy (non-hydrogen) atoms. The van der Waals surface area contributed by atoms with E-state index >= 15 is 0 Å². The summed E-state index contributed by atoms with van der Waals surface area (Å²) in [7, 11) is 0.451. The van der Waals surface area contributed by atoms with E-state index in [-0.39, 0.29) is 41.9 Å². The molecule has 7 nitrogen and oxygen atoms in total. The van der Waals surface area contributed by atoms with Crippen LogP contribution in [0.1, 0.15) is 19.4 Å². The number of benzene rings is 1. The molecule has 1 fully saturated rings. The van der Waals surface area contributed by atoms with Gasteiger partial charge in [-0.2, -0.15) is 4.31 Å². The van der Waals surface area contributed by atoms with Gasteiger partial charge in [0.05, 0.1) is 24.5 Å². The Morgan fingerprint density at radius 1 is 1.22 bits per heavy atom. The number of sulfonamides is 1. The first-order valence-electron chi connectivity index (χ1n) is 8.91. The van der Waals surface area contributed by atoms with Gasteiger partial charge in [0.2, 0.25) is 10.0 Å². The van der Waals surface area contributed by atoms with Gasteiger partial charge in [-0.05, 0) is 19.4 Å². The number of nitrogens with one attached hydrogen (secondary N) is 1. The minimum Gasteiger partial charge on any atom is -0.373 e. The Hall–Kier alpha value is -0.910. The highest BCUT2D eigenvalue weighted by Crippen LogP contribution is 2.14. The van der Waals surface area contributed by atoms with E-state index < -0.39 is 10.0 Å². The van der Waals surface area contributed by atoms with Crippen LogP contribution in [0.25, 0.3) is 0 Å². The fourth-order valence-corrected chi connectivity index (χ4v) is 4.38. The highest BCUT2D eigenvalue weighted by Gasteiger charge is 2.30. The Balaban J connectivity index is 0.00000364. The molecule has 0 radical (unpaired) electrons. The fraction of sp³-hybridized carbons (Fsp3) is 0.611. The molecular formula is C18H31IN4O3S. The van der Waals surface area contributed by atoms with Crippen molar-refractivity contribution < 1.29 is 13.2 Å². The molecule has 0 aromatic heterocycles. The molecule has 0 amide bonds. The number of ether oxygens (including phenoxy) is 1. The first-order chi connectivity index (χ1) is 12.3. The molecule has 1 heterocycles. The van der Waals surface area contributed by atoms with Crippen LogP contribution in [0.3, 0.4) is 0 Å². The van der Waals surface area contributed by atoms with Crippen LogP contribution in [-0.4, -0.2) is 75.3 Å². The monoisotopic (exact) mass is 510 g/mol. The number of halogens is 1. The first-order valence-corrected chi connectivity index (χ1v) is 10.5. The molecule has 1 aromatic rings. The number of hydrogen-bond acceptors (Lipinski definition) is 4. The largest absolute Gasteiger partial charge is 0.373 e. The third-order valence-electron chi connectivity index (χ3n) is 4.10. The van der Waals surface area contributed by atoms with Gasteiger partial charge >= 0.3 is 0 Å². The van der Waals surface area contributed by atoms with Gasteiger partial charge in [0, 0.05) is 33.7 Å². The molecule has 2 unspecified atom stereocenters. The lowest BCUT2D eigenvalue weighted by atomic mass is 10.2. The second kappa shape index (κ2) is 11.2. The van der Waals surface area contributed by atoms with Gasteiger partial charge < -0.3 is 15.0 Å². The smallest absolute Gasteiger partial charge is 0.216 e. The summed E-state index contributed by atoms with van der Waals surface area (Å²) < 4.78 is 32.3. The summed E-state index contributed by atoms with van der Waals surface area (Å²) in [6, 6.07) is 9.95. The summed E-state index contributed by atoms with van der Waals surface area (Å²) in [5.74, 6) is 0.706. The van der Waals surface area contributed by atoms with Crippen molar-refractivity contribution in [2.45, 2.75) is 32.6 Å². The zero-order valence-corrected chi connectivity index (χ0v) is 19.6. The van der Waals surface area contributed by atoms with Gasteiger partial charge in [-0.15, -0.1) is 24.0 Å². The Morgan fingerprint density at radius 2 is 1.81 bits per heavy atom. The van der Waals surface area contributed by atoms with Crippen molar-refractivity contribution in [2.75, 3.05) is 39.5 Å². The van der Waals surface area contributed by atoms with E-state index in [1.54, 1.807) is 0 Å². The standard InChI is InChI=1S/C18H30N4O3S.HI/c1-15-13-22(14-16(2)25-15)26(23,24)11-10-19-18(21(3)4)20-12-17-8-6-5-7-9-17;/h5-9,15-16H,10-14H2,1-4H3,(H,19,20);1H. The van der Waals surface area contributed by atoms with E-state index in [9.17, 15) is 8.42 Å².